The summed E-state index contributed by atoms with van der Waals surface area (Å²) in [5.74, 6) is 0.0559. The summed E-state index contributed by atoms with van der Waals surface area (Å²) in [4.78, 5) is 26.1. The molecule has 1 heterocycles. The third-order valence-electron chi connectivity index (χ3n) is 6.78. The molecule has 0 radical (unpaired) electrons. The van der Waals surface area contributed by atoms with E-state index in [1.54, 1.807) is 4.90 Å². The predicted octanol–water partition coefficient (Wildman–Crippen LogP) is 8.51. The molecule has 3 heteroatoms. The summed E-state index contributed by atoms with van der Waals surface area (Å²) in [7, 11) is 0. The minimum absolute atomic E-state index is 0.00368. The molecule has 1 atom stereocenters. The van der Waals surface area contributed by atoms with Crippen LogP contribution < -0.4 is 0 Å². The van der Waals surface area contributed by atoms with Crippen LogP contribution in [-0.4, -0.2) is 22.8 Å². The minimum Gasteiger partial charge on any atom is -0.275 e. The summed E-state index contributed by atoms with van der Waals surface area (Å²) < 4.78 is 0. The van der Waals surface area contributed by atoms with E-state index in [9.17, 15) is 9.59 Å². The van der Waals surface area contributed by atoms with Crippen molar-refractivity contribution in [1.29, 1.82) is 0 Å². The Kier molecular flexibility index (Phi) is 16.6. The van der Waals surface area contributed by atoms with Gasteiger partial charge in [-0.25, -0.2) is 0 Å². The molecule has 31 heavy (non-hydrogen) atoms. The molecule has 1 rings (SSSR count). The Morgan fingerprint density at radius 1 is 0.710 bits per heavy atom. The highest BCUT2D eigenvalue weighted by Crippen LogP contribution is 2.25. The van der Waals surface area contributed by atoms with Gasteiger partial charge in [-0.05, 0) is 26.2 Å². The first-order chi connectivity index (χ1) is 15.1. The van der Waals surface area contributed by atoms with Gasteiger partial charge in [-0.3, -0.25) is 14.5 Å². The first-order valence-corrected chi connectivity index (χ1v) is 13.6. The molecule has 0 spiro atoms. The summed E-state index contributed by atoms with van der Waals surface area (Å²) in [6.45, 7) is 6.60. The average Bonchev–Trinajstić information content (AvgIpc) is 3.09. The summed E-state index contributed by atoms with van der Waals surface area (Å²) in [6.07, 6.45) is 26.4. The first kappa shape index (κ1) is 27.9. The van der Waals surface area contributed by atoms with E-state index in [1.165, 1.54) is 95.5 Å². The van der Waals surface area contributed by atoms with Crippen LogP contribution in [0.15, 0.2) is 11.6 Å². The third-order valence-corrected chi connectivity index (χ3v) is 6.78. The van der Waals surface area contributed by atoms with Crippen LogP contribution in [0, 0.1) is 0 Å². The minimum atomic E-state index is -0.00368. The maximum absolute atomic E-state index is 12.2. The Balaban J connectivity index is 2.17. The first-order valence-electron chi connectivity index (χ1n) is 13.6. The van der Waals surface area contributed by atoms with E-state index >= 15 is 0 Å². The standard InChI is InChI=1S/C28H51NO2/c1-4-6-8-9-10-11-12-13-14-15-16-17-18-20-21-25(3)26(22-19-7-5-2)29-27(30)23-24-28(29)31/h21,26H,4-20,22-24H2,1-3H3. The van der Waals surface area contributed by atoms with Crippen molar-refractivity contribution in [2.45, 2.75) is 155 Å². The van der Waals surface area contributed by atoms with E-state index in [0.29, 0.717) is 12.8 Å². The van der Waals surface area contributed by atoms with Crippen molar-refractivity contribution in [2.75, 3.05) is 0 Å². The molecule has 0 aromatic rings. The van der Waals surface area contributed by atoms with E-state index < -0.39 is 0 Å². The van der Waals surface area contributed by atoms with Crippen LogP contribution in [0.25, 0.3) is 0 Å². The number of allylic oxidation sites excluding steroid dienone is 1. The Labute approximate surface area is 193 Å². The lowest BCUT2D eigenvalue weighted by molar-refractivity contribution is -0.140. The number of amides is 2. The van der Waals surface area contributed by atoms with Gasteiger partial charge in [0.15, 0.2) is 0 Å². The molecule has 1 fully saturated rings. The number of unbranched alkanes of at least 4 members (excludes halogenated alkanes) is 15. The quantitative estimate of drug-likeness (QED) is 0.110. The highest BCUT2D eigenvalue weighted by Gasteiger charge is 2.35. The normalized spacial score (nSPS) is 15.8. The Bertz CT molecular complexity index is 495. The largest absolute Gasteiger partial charge is 0.275 e. The van der Waals surface area contributed by atoms with Gasteiger partial charge in [0.05, 0.1) is 6.04 Å². The third kappa shape index (κ3) is 12.5. The Hall–Kier alpha value is -1.12. The van der Waals surface area contributed by atoms with Crippen LogP contribution >= 0.6 is 0 Å². The zero-order valence-corrected chi connectivity index (χ0v) is 21.1. The monoisotopic (exact) mass is 433 g/mol. The fraction of sp³-hybridized carbons (Fsp3) is 0.857. The SMILES string of the molecule is CCCCCCCCCCCCCCCC=C(C)C(CCCCC)N1C(=O)CCC1=O. The number of hydrogen-bond donors (Lipinski definition) is 0. The molecular formula is C28H51NO2. The lowest BCUT2D eigenvalue weighted by Crippen LogP contribution is -2.40. The fourth-order valence-electron chi connectivity index (χ4n) is 4.72. The van der Waals surface area contributed by atoms with Crippen LogP contribution in [-0.2, 0) is 9.59 Å². The van der Waals surface area contributed by atoms with Gasteiger partial charge in [-0.15, -0.1) is 0 Å². The maximum atomic E-state index is 12.2. The number of carbonyl (C=O) groups is 2. The Morgan fingerprint density at radius 2 is 1.13 bits per heavy atom. The number of carbonyl (C=O) groups excluding carboxylic acids is 2. The molecule has 0 aromatic heterocycles. The number of imide groups is 1. The van der Waals surface area contributed by atoms with Crippen LogP contribution in [0.1, 0.15) is 149 Å². The summed E-state index contributed by atoms with van der Waals surface area (Å²) in [5.41, 5.74) is 1.22. The topological polar surface area (TPSA) is 37.4 Å². The lowest BCUT2D eigenvalue weighted by atomic mass is 9.98. The summed E-state index contributed by atoms with van der Waals surface area (Å²) >= 11 is 0. The zero-order valence-electron chi connectivity index (χ0n) is 21.1. The van der Waals surface area contributed by atoms with E-state index in [0.717, 1.165) is 25.7 Å². The molecule has 0 aromatic carbocycles. The molecule has 3 nitrogen and oxygen atoms in total. The van der Waals surface area contributed by atoms with Crippen molar-refractivity contribution in [2.24, 2.45) is 0 Å². The van der Waals surface area contributed by atoms with Gasteiger partial charge < -0.3 is 0 Å². The summed E-state index contributed by atoms with van der Waals surface area (Å²) in [5, 5.41) is 0. The molecule has 0 N–H and O–H groups in total. The molecule has 0 saturated carbocycles. The van der Waals surface area contributed by atoms with E-state index in [4.69, 9.17) is 0 Å². The van der Waals surface area contributed by atoms with Crippen LogP contribution in [0.5, 0.6) is 0 Å². The van der Waals surface area contributed by atoms with Gasteiger partial charge in [0.1, 0.15) is 0 Å². The Morgan fingerprint density at radius 3 is 1.61 bits per heavy atom. The number of hydrogen-bond acceptors (Lipinski definition) is 2. The second-order valence-corrected chi connectivity index (χ2v) is 9.65. The van der Waals surface area contributed by atoms with Crippen molar-refractivity contribution < 1.29 is 9.59 Å². The smallest absolute Gasteiger partial charge is 0.230 e. The van der Waals surface area contributed by atoms with Crippen molar-refractivity contribution in [3.05, 3.63) is 11.6 Å². The van der Waals surface area contributed by atoms with Gasteiger partial charge in [-0.2, -0.15) is 0 Å². The fourth-order valence-corrected chi connectivity index (χ4v) is 4.72. The predicted molar refractivity (Wildman–Crippen MR) is 133 cm³/mol. The van der Waals surface area contributed by atoms with Gasteiger partial charge in [0.2, 0.25) is 11.8 Å². The van der Waals surface area contributed by atoms with Crippen molar-refractivity contribution in [1.82, 2.24) is 4.90 Å². The van der Waals surface area contributed by atoms with Gasteiger partial charge in [0.25, 0.3) is 0 Å². The van der Waals surface area contributed by atoms with Crippen molar-refractivity contribution in [3.8, 4) is 0 Å². The van der Waals surface area contributed by atoms with Crippen LogP contribution in [0.3, 0.4) is 0 Å². The van der Waals surface area contributed by atoms with E-state index in [-0.39, 0.29) is 17.9 Å². The molecule has 180 valence electrons. The molecule has 1 aliphatic heterocycles. The molecule has 0 bridgehead atoms. The molecule has 1 aliphatic rings. The molecular weight excluding hydrogens is 382 g/mol. The van der Waals surface area contributed by atoms with Crippen LogP contribution in [0.4, 0.5) is 0 Å². The van der Waals surface area contributed by atoms with E-state index in [1.807, 2.05) is 0 Å². The molecule has 1 saturated heterocycles. The molecule has 1 unspecified atom stereocenters. The van der Waals surface area contributed by atoms with Crippen molar-refractivity contribution >= 4 is 11.8 Å². The number of rotatable bonds is 20. The molecule has 0 aliphatic carbocycles. The highest BCUT2D eigenvalue weighted by atomic mass is 16.2. The average molecular weight is 434 g/mol. The van der Waals surface area contributed by atoms with E-state index in [2.05, 4.69) is 26.8 Å². The number of nitrogens with zero attached hydrogens (tertiary/aromatic N) is 1. The second kappa shape index (κ2) is 18.5. The summed E-state index contributed by atoms with van der Waals surface area (Å²) in [6, 6.07) is -0.00368. The second-order valence-electron chi connectivity index (χ2n) is 9.65. The van der Waals surface area contributed by atoms with Crippen LogP contribution in [0.2, 0.25) is 0 Å². The van der Waals surface area contributed by atoms with Gasteiger partial charge >= 0.3 is 0 Å². The zero-order chi connectivity index (χ0) is 22.7. The van der Waals surface area contributed by atoms with Gasteiger partial charge in [-0.1, -0.05) is 122 Å². The maximum Gasteiger partial charge on any atom is 0.230 e. The van der Waals surface area contributed by atoms with Gasteiger partial charge in [0, 0.05) is 12.8 Å². The molecule has 2 amide bonds. The lowest BCUT2D eigenvalue weighted by Gasteiger charge is -2.27. The number of likely N-dealkylation sites (tertiary alicyclic amines) is 1. The highest BCUT2D eigenvalue weighted by molar-refractivity contribution is 6.02. The van der Waals surface area contributed by atoms with Crippen molar-refractivity contribution in [3.63, 3.8) is 0 Å².